The molecule has 0 amide bonds. The van der Waals surface area contributed by atoms with Crippen molar-refractivity contribution in [3.8, 4) is 0 Å². The van der Waals surface area contributed by atoms with Gasteiger partial charge in [-0.2, -0.15) is 0 Å². The molecule has 1 rings (SSSR count). The molecule has 0 aliphatic heterocycles. The normalized spacial score (nSPS) is 18.4. The minimum Gasteiger partial charge on any atom is -0.375 e. The lowest BCUT2D eigenvalue weighted by atomic mass is 9.86. The fourth-order valence-electron chi connectivity index (χ4n) is 1.47. The number of nitrogens with one attached hydrogen (secondary N) is 1. The van der Waals surface area contributed by atoms with Crippen LogP contribution in [-0.2, 0) is 14.8 Å². The fraction of sp³-hybridized carbons (Fsp3) is 1.00. The van der Waals surface area contributed by atoms with Crippen LogP contribution in [0.4, 0.5) is 0 Å². The molecule has 0 aromatic rings. The summed E-state index contributed by atoms with van der Waals surface area (Å²) in [6, 6.07) is 0. The van der Waals surface area contributed by atoms with E-state index in [0.29, 0.717) is 12.5 Å². The summed E-state index contributed by atoms with van der Waals surface area (Å²) in [5.41, 5.74) is -0.274. The Morgan fingerprint density at radius 1 is 1.31 bits per heavy atom. The third-order valence-electron chi connectivity index (χ3n) is 2.70. The second kappa shape index (κ2) is 5.47. The molecule has 0 spiro atoms. The first kappa shape index (κ1) is 13.9. The van der Waals surface area contributed by atoms with Gasteiger partial charge in [0.2, 0.25) is 10.0 Å². The predicted molar refractivity (Wildman–Crippen MR) is 64.8 cm³/mol. The average Bonchev–Trinajstić information content (AvgIpc) is 1.97. The summed E-state index contributed by atoms with van der Waals surface area (Å²) >= 11 is 0. The van der Waals surface area contributed by atoms with Crippen molar-refractivity contribution in [2.24, 2.45) is 5.92 Å². The summed E-state index contributed by atoms with van der Waals surface area (Å²) < 4.78 is 31.2. The molecular formula is C11H23NO3S. The number of hydrogen-bond donors (Lipinski definition) is 1. The van der Waals surface area contributed by atoms with Gasteiger partial charge in [0.15, 0.2) is 0 Å². The summed E-state index contributed by atoms with van der Waals surface area (Å²) in [5.74, 6) is 0.607. The standard InChI is InChI=1S/C11H23NO3S/c1-11(2,3)15-7-8-16(13,14)12-9-10-5-4-6-10/h10,12H,4-9H2,1-3H3. The molecular weight excluding hydrogens is 226 g/mol. The van der Waals surface area contributed by atoms with Crippen molar-refractivity contribution in [3.63, 3.8) is 0 Å². The Labute approximate surface area is 98.8 Å². The van der Waals surface area contributed by atoms with Crippen LogP contribution in [-0.4, -0.2) is 32.9 Å². The largest absolute Gasteiger partial charge is 0.375 e. The molecule has 0 aromatic carbocycles. The molecule has 0 atom stereocenters. The smallest absolute Gasteiger partial charge is 0.213 e. The Balaban J connectivity index is 2.17. The van der Waals surface area contributed by atoms with Gasteiger partial charge in [-0.1, -0.05) is 6.42 Å². The molecule has 5 heteroatoms. The second-order valence-electron chi connectivity index (χ2n) is 5.43. The SMILES string of the molecule is CC(C)(C)OCCS(=O)(=O)NCC1CCC1. The van der Waals surface area contributed by atoms with Gasteiger partial charge in [-0.3, -0.25) is 0 Å². The highest BCUT2D eigenvalue weighted by Crippen LogP contribution is 2.25. The van der Waals surface area contributed by atoms with E-state index in [9.17, 15) is 8.42 Å². The Hall–Kier alpha value is -0.130. The summed E-state index contributed by atoms with van der Waals surface area (Å²) in [6.45, 7) is 6.60. The molecule has 0 saturated heterocycles. The summed E-state index contributed by atoms with van der Waals surface area (Å²) in [5, 5.41) is 0. The van der Waals surface area contributed by atoms with Crippen molar-refractivity contribution < 1.29 is 13.2 Å². The van der Waals surface area contributed by atoms with Crippen LogP contribution in [0.1, 0.15) is 40.0 Å². The molecule has 1 N–H and O–H groups in total. The van der Waals surface area contributed by atoms with E-state index in [2.05, 4.69) is 4.72 Å². The molecule has 0 aromatic heterocycles. The van der Waals surface area contributed by atoms with Crippen molar-refractivity contribution >= 4 is 10.0 Å². The van der Waals surface area contributed by atoms with Gasteiger partial charge in [0.1, 0.15) is 0 Å². The highest BCUT2D eigenvalue weighted by Gasteiger charge is 2.20. The fourth-order valence-corrected chi connectivity index (χ4v) is 2.41. The van der Waals surface area contributed by atoms with Crippen molar-refractivity contribution in [1.82, 2.24) is 4.72 Å². The van der Waals surface area contributed by atoms with Crippen LogP contribution < -0.4 is 4.72 Å². The van der Waals surface area contributed by atoms with Crippen LogP contribution in [0.2, 0.25) is 0 Å². The lowest BCUT2D eigenvalue weighted by Gasteiger charge is -2.25. The number of sulfonamides is 1. The van der Waals surface area contributed by atoms with Crippen LogP contribution in [0.5, 0.6) is 0 Å². The molecule has 1 aliphatic carbocycles. The molecule has 96 valence electrons. The molecule has 0 heterocycles. The van der Waals surface area contributed by atoms with Crippen LogP contribution >= 0.6 is 0 Å². The molecule has 0 unspecified atom stereocenters. The Kier molecular flexibility index (Phi) is 4.76. The monoisotopic (exact) mass is 249 g/mol. The topological polar surface area (TPSA) is 55.4 Å². The van der Waals surface area contributed by atoms with Gasteiger partial charge in [0.05, 0.1) is 18.0 Å². The molecule has 0 bridgehead atoms. The summed E-state index contributed by atoms with van der Waals surface area (Å²) in [6.07, 6.45) is 3.54. The van der Waals surface area contributed by atoms with Gasteiger partial charge in [-0.25, -0.2) is 13.1 Å². The molecule has 16 heavy (non-hydrogen) atoms. The Morgan fingerprint density at radius 3 is 2.38 bits per heavy atom. The van der Waals surface area contributed by atoms with Crippen LogP contribution in [0.15, 0.2) is 0 Å². The van der Waals surface area contributed by atoms with E-state index in [4.69, 9.17) is 4.74 Å². The molecule has 1 fully saturated rings. The third-order valence-corrected chi connectivity index (χ3v) is 4.01. The number of hydrogen-bond acceptors (Lipinski definition) is 3. The molecule has 1 aliphatic rings. The zero-order valence-corrected chi connectivity index (χ0v) is 11.3. The van der Waals surface area contributed by atoms with Gasteiger partial charge >= 0.3 is 0 Å². The zero-order chi connectivity index (χ0) is 12.2. The summed E-state index contributed by atoms with van der Waals surface area (Å²) in [7, 11) is -3.15. The maximum Gasteiger partial charge on any atom is 0.213 e. The first-order valence-electron chi connectivity index (χ1n) is 5.90. The van der Waals surface area contributed by atoms with E-state index >= 15 is 0 Å². The maximum absolute atomic E-state index is 11.6. The molecule has 1 saturated carbocycles. The van der Waals surface area contributed by atoms with Crippen molar-refractivity contribution in [1.29, 1.82) is 0 Å². The first-order valence-corrected chi connectivity index (χ1v) is 7.55. The molecule has 0 radical (unpaired) electrons. The van der Waals surface area contributed by atoms with Gasteiger partial charge in [-0.15, -0.1) is 0 Å². The molecule has 4 nitrogen and oxygen atoms in total. The highest BCUT2D eigenvalue weighted by atomic mass is 32.2. The van der Waals surface area contributed by atoms with Crippen molar-refractivity contribution in [3.05, 3.63) is 0 Å². The average molecular weight is 249 g/mol. The van der Waals surface area contributed by atoms with E-state index in [1.807, 2.05) is 20.8 Å². The lowest BCUT2D eigenvalue weighted by Crippen LogP contribution is -2.35. The first-order chi connectivity index (χ1) is 7.29. The minimum atomic E-state index is -3.15. The van der Waals surface area contributed by atoms with Gasteiger partial charge < -0.3 is 4.74 Å². The number of ether oxygens (including phenoxy) is 1. The minimum absolute atomic E-state index is 0.0526. The van der Waals surface area contributed by atoms with Gasteiger partial charge in [0, 0.05) is 6.54 Å². The lowest BCUT2D eigenvalue weighted by molar-refractivity contribution is 0.00637. The quantitative estimate of drug-likeness (QED) is 0.776. The van der Waals surface area contributed by atoms with Crippen LogP contribution in [0.3, 0.4) is 0 Å². The van der Waals surface area contributed by atoms with Crippen LogP contribution in [0, 0.1) is 5.92 Å². The van der Waals surface area contributed by atoms with E-state index in [0.717, 1.165) is 12.8 Å². The van der Waals surface area contributed by atoms with E-state index in [1.165, 1.54) is 6.42 Å². The Morgan fingerprint density at radius 2 is 1.94 bits per heavy atom. The maximum atomic E-state index is 11.6. The van der Waals surface area contributed by atoms with Crippen molar-refractivity contribution in [2.75, 3.05) is 18.9 Å². The highest BCUT2D eigenvalue weighted by molar-refractivity contribution is 7.89. The zero-order valence-electron chi connectivity index (χ0n) is 10.5. The van der Waals surface area contributed by atoms with Crippen molar-refractivity contribution in [2.45, 2.75) is 45.6 Å². The van der Waals surface area contributed by atoms with E-state index < -0.39 is 10.0 Å². The third kappa shape index (κ3) is 5.82. The Bertz CT molecular complexity index is 302. The predicted octanol–water partition coefficient (Wildman–Crippen LogP) is 1.52. The van der Waals surface area contributed by atoms with Crippen LogP contribution in [0.25, 0.3) is 0 Å². The van der Waals surface area contributed by atoms with Gasteiger partial charge in [-0.05, 0) is 39.5 Å². The number of rotatable bonds is 6. The summed E-state index contributed by atoms with van der Waals surface area (Å²) in [4.78, 5) is 0. The van der Waals surface area contributed by atoms with Gasteiger partial charge in [0.25, 0.3) is 0 Å². The van der Waals surface area contributed by atoms with E-state index in [1.54, 1.807) is 0 Å². The second-order valence-corrected chi connectivity index (χ2v) is 7.35. The van der Waals surface area contributed by atoms with E-state index in [-0.39, 0.29) is 18.0 Å².